The molecule has 0 amide bonds. The van der Waals surface area contributed by atoms with Gasteiger partial charge in [-0.25, -0.2) is 4.98 Å². The highest BCUT2D eigenvalue weighted by Crippen LogP contribution is 1.97. The summed E-state index contributed by atoms with van der Waals surface area (Å²) in [6.07, 6.45) is 7.28. The first-order valence-corrected chi connectivity index (χ1v) is 3.74. The zero-order chi connectivity index (χ0) is 8.81. The second kappa shape index (κ2) is 4.33. The van der Waals surface area contributed by atoms with Gasteiger partial charge in [0.1, 0.15) is 12.2 Å². The molecule has 0 aliphatic heterocycles. The number of likely N-dealkylation sites (N-methyl/N-ethyl adjacent to an activating group) is 1. The predicted octanol–water partition coefficient (Wildman–Crippen LogP) is 0.941. The van der Waals surface area contributed by atoms with Crippen molar-refractivity contribution in [1.29, 1.82) is 0 Å². The van der Waals surface area contributed by atoms with E-state index in [2.05, 4.69) is 20.5 Å². The van der Waals surface area contributed by atoms with Crippen LogP contribution in [0.4, 0.5) is 0 Å². The third kappa shape index (κ3) is 2.23. The van der Waals surface area contributed by atoms with Crippen LogP contribution in [0.3, 0.4) is 0 Å². The number of nitrogens with zero attached hydrogens (tertiary/aromatic N) is 2. The molecule has 0 saturated carbocycles. The average molecular weight is 164 g/mol. The molecule has 0 spiro atoms. The van der Waals surface area contributed by atoms with E-state index in [-0.39, 0.29) is 0 Å². The van der Waals surface area contributed by atoms with Gasteiger partial charge < -0.3 is 5.32 Å². The van der Waals surface area contributed by atoms with Gasteiger partial charge in [0.15, 0.2) is 0 Å². The molecule has 0 radical (unpaired) electrons. The molecule has 1 heterocycles. The molecule has 0 unspecified atom stereocenters. The predicted molar refractivity (Wildman–Crippen MR) is 48.2 cm³/mol. The van der Waals surface area contributed by atoms with Crippen LogP contribution >= 0.6 is 0 Å². The summed E-state index contributed by atoms with van der Waals surface area (Å²) in [7, 11) is 1.86. The monoisotopic (exact) mass is 164 g/mol. The molecule has 0 aliphatic carbocycles. The van der Waals surface area contributed by atoms with Crippen molar-refractivity contribution in [3.05, 3.63) is 30.0 Å². The lowest BCUT2D eigenvalue weighted by atomic mass is 10.3. The van der Waals surface area contributed by atoms with Crippen LogP contribution in [-0.2, 0) is 0 Å². The minimum atomic E-state index is 0.748. The highest BCUT2D eigenvalue weighted by Gasteiger charge is 1.91. The van der Waals surface area contributed by atoms with E-state index in [9.17, 15) is 0 Å². The number of H-pyrrole nitrogens is 1. The second-order valence-corrected chi connectivity index (χ2v) is 2.22. The van der Waals surface area contributed by atoms with Gasteiger partial charge in [0.2, 0.25) is 0 Å². The number of aromatic nitrogens is 3. The van der Waals surface area contributed by atoms with Gasteiger partial charge >= 0.3 is 0 Å². The van der Waals surface area contributed by atoms with E-state index in [1.165, 1.54) is 6.33 Å². The van der Waals surface area contributed by atoms with Crippen LogP contribution < -0.4 is 5.32 Å². The van der Waals surface area contributed by atoms with Crippen LogP contribution in [0.2, 0.25) is 0 Å². The van der Waals surface area contributed by atoms with Crippen molar-refractivity contribution in [3.63, 3.8) is 0 Å². The number of allylic oxidation sites excluding steroid dienone is 2. The standard InChI is InChI=1S/C8H12N4/c1-3-4-7(9-2)5-8-10-6-11-12-8/h3-6,9H,1-2H3,(H,10,11,12)/b4-3-,7-5+. The number of hydrogen-bond donors (Lipinski definition) is 2. The Bertz CT molecular complexity index is 271. The lowest BCUT2D eigenvalue weighted by Gasteiger charge is -1.97. The number of nitrogens with one attached hydrogen (secondary N) is 2. The summed E-state index contributed by atoms with van der Waals surface area (Å²) in [6, 6.07) is 0. The summed E-state index contributed by atoms with van der Waals surface area (Å²) in [5.41, 5.74) is 0.995. The van der Waals surface area contributed by atoms with Crippen molar-refractivity contribution in [1.82, 2.24) is 20.5 Å². The highest BCUT2D eigenvalue weighted by molar-refractivity contribution is 5.47. The Hall–Kier alpha value is -1.58. The molecule has 12 heavy (non-hydrogen) atoms. The molecule has 4 nitrogen and oxygen atoms in total. The molecule has 4 heteroatoms. The molecule has 1 aromatic rings. The maximum Gasteiger partial charge on any atom is 0.150 e. The molecule has 2 N–H and O–H groups in total. The maximum absolute atomic E-state index is 3.97. The molecule has 64 valence electrons. The number of hydrogen-bond acceptors (Lipinski definition) is 3. The largest absolute Gasteiger partial charge is 0.388 e. The molecule has 0 fully saturated rings. The van der Waals surface area contributed by atoms with Crippen LogP contribution in [0.5, 0.6) is 0 Å². The lowest BCUT2D eigenvalue weighted by molar-refractivity contribution is 1.03. The van der Waals surface area contributed by atoms with E-state index in [4.69, 9.17) is 0 Å². The first-order chi connectivity index (χ1) is 5.86. The Kier molecular flexibility index (Phi) is 3.07. The SMILES string of the molecule is C/C=C\C(=C/c1ncn[nH]1)NC. The van der Waals surface area contributed by atoms with Gasteiger partial charge in [0.25, 0.3) is 0 Å². The van der Waals surface area contributed by atoms with E-state index in [1.807, 2.05) is 32.2 Å². The van der Waals surface area contributed by atoms with Gasteiger partial charge in [-0.1, -0.05) is 6.08 Å². The van der Waals surface area contributed by atoms with Crippen LogP contribution in [-0.4, -0.2) is 22.2 Å². The quantitative estimate of drug-likeness (QED) is 0.654. The highest BCUT2D eigenvalue weighted by atomic mass is 15.2. The second-order valence-electron chi connectivity index (χ2n) is 2.22. The van der Waals surface area contributed by atoms with E-state index in [0.29, 0.717) is 0 Å². The van der Waals surface area contributed by atoms with E-state index < -0.39 is 0 Å². The zero-order valence-corrected chi connectivity index (χ0v) is 7.20. The van der Waals surface area contributed by atoms with Gasteiger partial charge in [0, 0.05) is 18.8 Å². The summed E-state index contributed by atoms with van der Waals surface area (Å²) >= 11 is 0. The molecule has 0 aliphatic rings. The van der Waals surface area contributed by atoms with E-state index in [0.717, 1.165) is 11.5 Å². The van der Waals surface area contributed by atoms with Gasteiger partial charge in [-0.3, -0.25) is 5.10 Å². The van der Waals surface area contributed by atoms with Crippen molar-refractivity contribution >= 4 is 6.08 Å². The minimum Gasteiger partial charge on any atom is -0.388 e. The fourth-order valence-corrected chi connectivity index (χ4v) is 0.815. The molecule has 0 bridgehead atoms. The smallest absolute Gasteiger partial charge is 0.150 e. The van der Waals surface area contributed by atoms with Crippen LogP contribution in [0.25, 0.3) is 6.08 Å². The van der Waals surface area contributed by atoms with Crippen LogP contribution in [0, 0.1) is 0 Å². The summed E-state index contributed by atoms with van der Waals surface area (Å²) in [6.45, 7) is 1.96. The summed E-state index contributed by atoms with van der Waals surface area (Å²) < 4.78 is 0. The van der Waals surface area contributed by atoms with Crippen molar-refractivity contribution in [2.45, 2.75) is 6.92 Å². The average Bonchev–Trinajstić information content (AvgIpc) is 2.56. The zero-order valence-electron chi connectivity index (χ0n) is 7.20. The topological polar surface area (TPSA) is 53.6 Å². The Morgan fingerprint density at radius 2 is 2.50 bits per heavy atom. The van der Waals surface area contributed by atoms with Crippen molar-refractivity contribution in [3.8, 4) is 0 Å². The molecule has 0 saturated heterocycles. The molecule has 0 atom stereocenters. The summed E-state index contributed by atoms with van der Waals surface area (Å²) in [4.78, 5) is 3.97. The fourth-order valence-electron chi connectivity index (χ4n) is 0.815. The molecular formula is C8H12N4. The Balaban J connectivity index is 2.78. The van der Waals surface area contributed by atoms with Crippen molar-refractivity contribution in [2.24, 2.45) is 0 Å². The fraction of sp³-hybridized carbons (Fsp3) is 0.250. The molecule has 1 aromatic heterocycles. The van der Waals surface area contributed by atoms with Gasteiger partial charge in [-0.05, 0) is 13.0 Å². The van der Waals surface area contributed by atoms with E-state index >= 15 is 0 Å². The third-order valence-electron chi connectivity index (χ3n) is 1.36. The Morgan fingerprint density at radius 3 is 3.00 bits per heavy atom. The Labute approximate surface area is 71.4 Å². The molecular weight excluding hydrogens is 152 g/mol. The van der Waals surface area contributed by atoms with Crippen molar-refractivity contribution < 1.29 is 0 Å². The van der Waals surface area contributed by atoms with Gasteiger partial charge in [-0.15, -0.1) is 0 Å². The number of rotatable bonds is 3. The minimum absolute atomic E-state index is 0.748. The van der Waals surface area contributed by atoms with Gasteiger partial charge in [-0.2, -0.15) is 5.10 Å². The first kappa shape index (κ1) is 8.52. The normalized spacial score (nSPS) is 12.3. The van der Waals surface area contributed by atoms with Crippen LogP contribution in [0.15, 0.2) is 24.2 Å². The third-order valence-corrected chi connectivity index (χ3v) is 1.36. The van der Waals surface area contributed by atoms with E-state index in [1.54, 1.807) is 0 Å². The van der Waals surface area contributed by atoms with Crippen molar-refractivity contribution in [2.75, 3.05) is 7.05 Å². The molecule has 0 aromatic carbocycles. The number of aromatic amines is 1. The Morgan fingerprint density at radius 1 is 1.67 bits per heavy atom. The summed E-state index contributed by atoms with van der Waals surface area (Å²) in [5.74, 6) is 0.748. The lowest BCUT2D eigenvalue weighted by Crippen LogP contribution is -2.02. The van der Waals surface area contributed by atoms with Gasteiger partial charge in [0.05, 0.1) is 0 Å². The van der Waals surface area contributed by atoms with Crippen LogP contribution in [0.1, 0.15) is 12.7 Å². The summed E-state index contributed by atoms with van der Waals surface area (Å²) in [5, 5.41) is 9.51. The first-order valence-electron chi connectivity index (χ1n) is 3.74. The maximum atomic E-state index is 3.97. The molecule has 1 rings (SSSR count).